The molecule has 25 heavy (non-hydrogen) atoms. The number of benzene rings is 2. The smallest absolute Gasteiger partial charge is 0.260 e. The lowest BCUT2D eigenvalue weighted by molar-refractivity contribution is -0.134. The Labute approximate surface area is 146 Å². The van der Waals surface area contributed by atoms with Crippen molar-refractivity contribution in [2.24, 2.45) is 5.73 Å². The minimum Gasteiger partial charge on any atom is -0.484 e. The van der Waals surface area contributed by atoms with E-state index < -0.39 is 5.91 Å². The molecule has 2 rings (SSSR count). The third-order valence-electron chi connectivity index (χ3n) is 3.52. The van der Waals surface area contributed by atoms with E-state index in [-0.39, 0.29) is 25.5 Å². The molecule has 2 aromatic carbocycles. The number of primary amides is 1. The summed E-state index contributed by atoms with van der Waals surface area (Å²) >= 11 is 0. The molecule has 0 saturated heterocycles. The van der Waals surface area contributed by atoms with Crippen LogP contribution in [0, 0.1) is 11.3 Å². The lowest BCUT2D eigenvalue weighted by Crippen LogP contribution is -2.36. The molecule has 6 nitrogen and oxygen atoms in total. The second kappa shape index (κ2) is 9.08. The Morgan fingerprint density at radius 1 is 1.12 bits per heavy atom. The molecule has 6 heteroatoms. The molecular weight excluding hydrogens is 318 g/mol. The highest BCUT2D eigenvalue weighted by molar-refractivity contribution is 5.79. The van der Waals surface area contributed by atoms with Gasteiger partial charge in [-0.3, -0.25) is 9.59 Å². The van der Waals surface area contributed by atoms with E-state index in [0.29, 0.717) is 17.9 Å². The van der Waals surface area contributed by atoms with Crippen LogP contribution in [-0.4, -0.2) is 29.9 Å². The number of nitriles is 1. The summed E-state index contributed by atoms with van der Waals surface area (Å²) in [5.74, 6) is -0.275. The van der Waals surface area contributed by atoms with Crippen LogP contribution in [0.4, 0.5) is 0 Å². The van der Waals surface area contributed by atoms with Crippen molar-refractivity contribution in [2.75, 3.05) is 13.2 Å². The molecule has 2 aromatic rings. The predicted molar refractivity (Wildman–Crippen MR) is 92.3 cm³/mol. The molecule has 0 heterocycles. The molecule has 0 aliphatic rings. The molecule has 0 atom stereocenters. The van der Waals surface area contributed by atoms with E-state index in [9.17, 15) is 9.59 Å². The average molecular weight is 337 g/mol. The van der Waals surface area contributed by atoms with Gasteiger partial charge in [-0.1, -0.05) is 36.4 Å². The van der Waals surface area contributed by atoms with Crippen molar-refractivity contribution < 1.29 is 14.3 Å². The maximum atomic E-state index is 12.5. The standard InChI is InChI=1S/C19H19N3O3/c20-12-16-7-4-8-17(11-16)25-14-19(24)22(10-9-18(21)23)13-15-5-2-1-3-6-15/h1-8,11H,9-10,13-14H2,(H2,21,23). The molecule has 0 radical (unpaired) electrons. The van der Waals surface area contributed by atoms with Crippen LogP contribution in [0.5, 0.6) is 5.75 Å². The minimum atomic E-state index is -0.464. The fraction of sp³-hybridized carbons (Fsp3) is 0.211. The van der Waals surface area contributed by atoms with Gasteiger partial charge in [-0.05, 0) is 23.8 Å². The van der Waals surface area contributed by atoms with Gasteiger partial charge in [0.1, 0.15) is 5.75 Å². The molecule has 0 saturated carbocycles. The van der Waals surface area contributed by atoms with E-state index in [1.165, 1.54) is 4.90 Å². The maximum Gasteiger partial charge on any atom is 0.260 e. The van der Waals surface area contributed by atoms with Gasteiger partial charge >= 0.3 is 0 Å². The lowest BCUT2D eigenvalue weighted by atomic mass is 10.2. The van der Waals surface area contributed by atoms with E-state index in [0.717, 1.165) is 5.56 Å². The van der Waals surface area contributed by atoms with Gasteiger partial charge in [0.15, 0.2) is 6.61 Å². The minimum absolute atomic E-state index is 0.0858. The van der Waals surface area contributed by atoms with Gasteiger partial charge in [0.25, 0.3) is 5.91 Å². The van der Waals surface area contributed by atoms with Gasteiger partial charge in [0.05, 0.1) is 11.6 Å². The van der Waals surface area contributed by atoms with Crippen molar-refractivity contribution in [3.63, 3.8) is 0 Å². The summed E-state index contributed by atoms with van der Waals surface area (Å²) in [7, 11) is 0. The van der Waals surface area contributed by atoms with Gasteiger partial charge in [0.2, 0.25) is 5.91 Å². The number of carbonyl (C=O) groups is 2. The second-order valence-corrected chi connectivity index (χ2v) is 5.45. The third-order valence-corrected chi connectivity index (χ3v) is 3.52. The lowest BCUT2D eigenvalue weighted by Gasteiger charge is -2.22. The number of hydrogen-bond donors (Lipinski definition) is 1. The number of amides is 2. The Bertz CT molecular complexity index is 769. The van der Waals surface area contributed by atoms with Crippen molar-refractivity contribution >= 4 is 11.8 Å². The number of carbonyl (C=O) groups excluding carboxylic acids is 2. The Hall–Kier alpha value is -3.33. The van der Waals surface area contributed by atoms with Gasteiger partial charge in [0, 0.05) is 19.5 Å². The zero-order valence-corrected chi connectivity index (χ0v) is 13.7. The number of ether oxygens (including phenoxy) is 1. The molecule has 0 spiro atoms. The van der Waals surface area contributed by atoms with Gasteiger partial charge < -0.3 is 15.4 Å². The zero-order chi connectivity index (χ0) is 18.1. The van der Waals surface area contributed by atoms with Crippen LogP contribution in [-0.2, 0) is 16.1 Å². The van der Waals surface area contributed by atoms with Gasteiger partial charge in [-0.2, -0.15) is 5.26 Å². The summed E-state index contributed by atoms with van der Waals surface area (Å²) in [5, 5.41) is 8.89. The molecule has 0 fully saturated rings. The monoisotopic (exact) mass is 337 g/mol. The Morgan fingerprint density at radius 3 is 2.56 bits per heavy atom. The van der Waals surface area contributed by atoms with Crippen molar-refractivity contribution in [3.05, 3.63) is 65.7 Å². The predicted octanol–water partition coefficient (Wildman–Crippen LogP) is 1.84. The van der Waals surface area contributed by atoms with E-state index in [1.54, 1.807) is 24.3 Å². The van der Waals surface area contributed by atoms with Crippen molar-refractivity contribution in [1.82, 2.24) is 4.90 Å². The van der Waals surface area contributed by atoms with E-state index >= 15 is 0 Å². The van der Waals surface area contributed by atoms with Crippen molar-refractivity contribution in [3.8, 4) is 11.8 Å². The molecule has 0 bridgehead atoms. The molecular formula is C19H19N3O3. The zero-order valence-electron chi connectivity index (χ0n) is 13.7. The maximum absolute atomic E-state index is 12.5. The average Bonchev–Trinajstić information content (AvgIpc) is 2.64. The fourth-order valence-electron chi connectivity index (χ4n) is 2.23. The highest BCUT2D eigenvalue weighted by Gasteiger charge is 2.15. The van der Waals surface area contributed by atoms with Crippen LogP contribution in [0.15, 0.2) is 54.6 Å². The molecule has 2 N–H and O–H groups in total. The van der Waals surface area contributed by atoms with Crippen LogP contribution in [0.25, 0.3) is 0 Å². The molecule has 0 unspecified atom stereocenters. The van der Waals surface area contributed by atoms with Crippen LogP contribution in [0.2, 0.25) is 0 Å². The first-order valence-electron chi connectivity index (χ1n) is 7.81. The van der Waals surface area contributed by atoms with Crippen LogP contribution in [0.3, 0.4) is 0 Å². The number of rotatable bonds is 8. The highest BCUT2D eigenvalue weighted by atomic mass is 16.5. The van der Waals surface area contributed by atoms with Crippen LogP contribution in [0.1, 0.15) is 17.5 Å². The summed E-state index contributed by atoms with van der Waals surface area (Å²) in [6.45, 7) is 0.416. The molecule has 2 amide bonds. The van der Waals surface area contributed by atoms with Gasteiger partial charge in [-0.25, -0.2) is 0 Å². The summed E-state index contributed by atoms with van der Waals surface area (Å²) in [6, 6.07) is 18.1. The fourth-order valence-corrected chi connectivity index (χ4v) is 2.23. The van der Waals surface area contributed by atoms with Crippen LogP contribution >= 0.6 is 0 Å². The van der Waals surface area contributed by atoms with E-state index in [2.05, 4.69) is 0 Å². The van der Waals surface area contributed by atoms with Gasteiger partial charge in [-0.15, -0.1) is 0 Å². The molecule has 128 valence electrons. The summed E-state index contributed by atoms with van der Waals surface area (Å²) in [6.07, 6.45) is 0.0858. The second-order valence-electron chi connectivity index (χ2n) is 5.45. The first kappa shape index (κ1) is 18.0. The summed E-state index contributed by atoms with van der Waals surface area (Å²) in [5.41, 5.74) is 6.60. The Balaban J connectivity index is 2.00. The highest BCUT2D eigenvalue weighted by Crippen LogP contribution is 2.13. The molecule has 0 aliphatic carbocycles. The topological polar surface area (TPSA) is 96.4 Å². The Morgan fingerprint density at radius 2 is 1.88 bits per heavy atom. The third kappa shape index (κ3) is 5.99. The first-order chi connectivity index (χ1) is 12.1. The SMILES string of the molecule is N#Cc1cccc(OCC(=O)N(CCC(N)=O)Cc2ccccc2)c1. The molecule has 0 aromatic heterocycles. The number of nitrogens with zero attached hydrogens (tertiary/aromatic N) is 2. The van der Waals surface area contributed by atoms with Crippen LogP contribution < -0.4 is 10.5 Å². The summed E-state index contributed by atoms with van der Waals surface area (Å²) in [4.78, 5) is 25.1. The number of hydrogen-bond acceptors (Lipinski definition) is 4. The number of nitrogens with two attached hydrogens (primary N) is 1. The van der Waals surface area contributed by atoms with Crippen molar-refractivity contribution in [1.29, 1.82) is 5.26 Å². The largest absolute Gasteiger partial charge is 0.484 e. The molecule has 0 aliphatic heterocycles. The Kier molecular flexibility index (Phi) is 6.55. The van der Waals surface area contributed by atoms with E-state index in [4.69, 9.17) is 15.7 Å². The van der Waals surface area contributed by atoms with E-state index in [1.807, 2.05) is 36.4 Å². The quantitative estimate of drug-likeness (QED) is 0.795. The normalized spacial score (nSPS) is 9.88. The van der Waals surface area contributed by atoms with Crippen molar-refractivity contribution in [2.45, 2.75) is 13.0 Å². The summed E-state index contributed by atoms with van der Waals surface area (Å²) < 4.78 is 5.48. The first-order valence-corrected chi connectivity index (χ1v) is 7.81.